The van der Waals surface area contributed by atoms with Crippen molar-refractivity contribution >= 4 is 22.6 Å². The number of carbonyl (C=O) groups is 2. The van der Waals surface area contributed by atoms with Gasteiger partial charge >= 0.3 is 0 Å². The third kappa shape index (κ3) is 2.98. The lowest BCUT2D eigenvalue weighted by molar-refractivity contribution is -0.166. The van der Waals surface area contributed by atoms with Crippen molar-refractivity contribution in [3.63, 3.8) is 0 Å². The highest BCUT2D eigenvalue weighted by Crippen LogP contribution is 2.40. The molecule has 2 saturated heterocycles. The van der Waals surface area contributed by atoms with Crippen molar-refractivity contribution in [1.82, 2.24) is 9.80 Å². The number of likely N-dealkylation sites (N-methyl/N-ethyl adjacent to an activating group) is 1. The first-order chi connectivity index (χ1) is 13.3. The summed E-state index contributed by atoms with van der Waals surface area (Å²) in [5.41, 5.74) is 0.0240. The molecule has 0 radical (unpaired) electrons. The van der Waals surface area contributed by atoms with Crippen LogP contribution in [0.5, 0.6) is 0 Å². The number of aliphatic hydroxyl groups excluding tert-OH is 1. The molecule has 2 amide bonds. The maximum absolute atomic E-state index is 13.5. The highest BCUT2D eigenvalue weighted by molar-refractivity contribution is 6.00. The summed E-state index contributed by atoms with van der Waals surface area (Å²) < 4.78 is 0. The van der Waals surface area contributed by atoms with Crippen LogP contribution in [0.4, 0.5) is 0 Å². The van der Waals surface area contributed by atoms with E-state index in [1.807, 2.05) is 18.2 Å². The molecular formula is C23H28N2O3. The normalized spacial score (nSPS) is 27.8. The molecule has 1 N–H and O–H groups in total. The lowest BCUT2D eigenvalue weighted by Crippen LogP contribution is -2.69. The van der Waals surface area contributed by atoms with Crippen LogP contribution < -0.4 is 0 Å². The molecule has 0 aromatic heterocycles. The quantitative estimate of drug-likeness (QED) is 0.887. The molecule has 2 aliphatic rings. The Morgan fingerprint density at radius 2 is 1.86 bits per heavy atom. The summed E-state index contributed by atoms with van der Waals surface area (Å²) in [5.74, 6) is 0.223. The molecule has 2 fully saturated rings. The fourth-order valence-electron chi connectivity index (χ4n) is 4.90. The van der Waals surface area contributed by atoms with Gasteiger partial charge in [-0.25, -0.2) is 0 Å². The lowest BCUT2D eigenvalue weighted by atomic mass is 9.82. The van der Waals surface area contributed by atoms with Crippen LogP contribution in [0, 0.1) is 5.92 Å². The number of amides is 2. The molecule has 2 aromatic rings. The summed E-state index contributed by atoms with van der Waals surface area (Å²) in [5, 5.41) is 12.7. The van der Waals surface area contributed by atoms with Gasteiger partial charge in [-0.1, -0.05) is 56.3 Å². The van der Waals surface area contributed by atoms with E-state index in [1.165, 1.54) is 0 Å². The third-order valence-corrected chi connectivity index (χ3v) is 6.23. The van der Waals surface area contributed by atoms with Crippen molar-refractivity contribution < 1.29 is 14.7 Å². The SMILES string of the molecule is CC(C)CC1C(=O)N2C[C@H](O)CC2(Cc2ccc3ccccc3c2)C(=O)N1C. The van der Waals surface area contributed by atoms with Crippen molar-refractivity contribution in [2.24, 2.45) is 5.92 Å². The second-order valence-electron chi connectivity index (χ2n) is 8.76. The van der Waals surface area contributed by atoms with E-state index >= 15 is 0 Å². The number of nitrogens with zero attached hydrogens (tertiary/aromatic N) is 2. The van der Waals surface area contributed by atoms with Crippen LogP contribution in [-0.4, -0.2) is 58.0 Å². The van der Waals surface area contributed by atoms with E-state index in [0.29, 0.717) is 25.2 Å². The number of hydrogen-bond acceptors (Lipinski definition) is 3. The van der Waals surface area contributed by atoms with Crippen molar-refractivity contribution in [1.29, 1.82) is 0 Å². The van der Waals surface area contributed by atoms with E-state index in [2.05, 4.69) is 38.1 Å². The maximum Gasteiger partial charge on any atom is 0.249 e. The zero-order chi connectivity index (χ0) is 20.1. The van der Waals surface area contributed by atoms with Crippen LogP contribution in [0.15, 0.2) is 42.5 Å². The summed E-state index contributed by atoms with van der Waals surface area (Å²) in [7, 11) is 1.73. The second kappa shape index (κ2) is 6.89. The minimum Gasteiger partial charge on any atom is -0.391 e. The Bertz CT molecular complexity index is 925. The Balaban J connectivity index is 1.72. The fourth-order valence-corrected chi connectivity index (χ4v) is 4.90. The Labute approximate surface area is 165 Å². The largest absolute Gasteiger partial charge is 0.391 e. The lowest BCUT2D eigenvalue weighted by Gasteiger charge is -2.48. The van der Waals surface area contributed by atoms with Gasteiger partial charge in [0.1, 0.15) is 11.6 Å². The minimum atomic E-state index is -0.985. The van der Waals surface area contributed by atoms with Gasteiger partial charge in [-0.05, 0) is 28.7 Å². The Morgan fingerprint density at radius 1 is 1.14 bits per heavy atom. The highest BCUT2D eigenvalue weighted by Gasteiger charge is 2.59. The Kier molecular flexibility index (Phi) is 4.66. The standard InChI is InChI=1S/C23H28N2O3/c1-15(2)10-20-21(27)25-14-19(26)13-23(25,22(28)24(20)3)12-16-8-9-17-6-4-5-7-18(17)11-16/h4-9,11,15,19-20,26H,10,12-14H2,1-3H3/t19-,20?,23?/m1/s1. The summed E-state index contributed by atoms with van der Waals surface area (Å²) in [4.78, 5) is 30.1. The molecule has 5 heteroatoms. The van der Waals surface area contributed by atoms with Crippen LogP contribution >= 0.6 is 0 Å². The van der Waals surface area contributed by atoms with E-state index in [1.54, 1.807) is 16.8 Å². The maximum atomic E-state index is 13.5. The van der Waals surface area contributed by atoms with Crippen LogP contribution in [0.3, 0.4) is 0 Å². The average Bonchev–Trinajstić information content (AvgIpc) is 3.00. The molecular weight excluding hydrogens is 352 g/mol. The number of hydrogen-bond donors (Lipinski definition) is 1. The zero-order valence-electron chi connectivity index (χ0n) is 16.8. The topological polar surface area (TPSA) is 60.9 Å². The molecule has 2 unspecified atom stereocenters. The molecule has 0 bridgehead atoms. The van der Waals surface area contributed by atoms with Crippen LogP contribution in [0.25, 0.3) is 10.8 Å². The number of piperazine rings is 1. The number of β-amino-alcohol motifs (C(OH)–C–C–N with tert-alkyl or cyclic N) is 1. The van der Waals surface area contributed by atoms with Crippen molar-refractivity contribution in [2.45, 2.75) is 50.8 Å². The van der Waals surface area contributed by atoms with Gasteiger partial charge < -0.3 is 14.9 Å². The summed E-state index contributed by atoms with van der Waals surface area (Å²) in [6, 6.07) is 13.8. The smallest absolute Gasteiger partial charge is 0.249 e. The zero-order valence-corrected chi connectivity index (χ0v) is 16.8. The monoisotopic (exact) mass is 380 g/mol. The molecule has 5 nitrogen and oxygen atoms in total. The van der Waals surface area contributed by atoms with Gasteiger partial charge in [-0.2, -0.15) is 0 Å². The van der Waals surface area contributed by atoms with E-state index in [9.17, 15) is 14.7 Å². The predicted molar refractivity (Wildman–Crippen MR) is 109 cm³/mol. The summed E-state index contributed by atoms with van der Waals surface area (Å²) >= 11 is 0. The number of benzene rings is 2. The van der Waals surface area contributed by atoms with Gasteiger partial charge in [-0.15, -0.1) is 0 Å². The Morgan fingerprint density at radius 3 is 2.57 bits per heavy atom. The van der Waals surface area contributed by atoms with Gasteiger partial charge in [0.25, 0.3) is 0 Å². The van der Waals surface area contributed by atoms with Gasteiger partial charge in [0, 0.05) is 26.4 Å². The highest BCUT2D eigenvalue weighted by atomic mass is 16.3. The first kappa shape index (κ1) is 18.9. The number of aliphatic hydroxyl groups is 1. The van der Waals surface area contributed by atoms with Gasteiger partial charge in [0.05, 0.1) is 6.10 Å². The van der Waals surface area contributed by atoms with Gasteiger partial charge in [0.2, 0.25) is 11.8 Å². The number of fused-ring (bicyclic) bond motifs is 2. The van der Waals surface area contributed by atoms with E-state index in [-0.39, 0.29) is 18.4 Å². The molecule has 148 valence electrons. The fraction of sp³-hybridized carbons (Fsp3) is 0.478. The Hall–Kier alpha value is -2.40. The molecule has 28 heavy (non-hydrogen) atoms. The molecule has 0 spiro atoms. The molecule has 2 aliphatic heterocycles. The number of carbonyl (C=O) groups excluding carboxylic acids is 2. The van der Waals surface area contributed by atoms with Crippen LogP contribution in [0.2, 0.25) is 0 Å². The van der Waals surface area contributed by atoms with Crippen molar-refractivity contribution in [3.8, 4) is 0 Å². The van der Waals surface area contributed by atoms with Gasteiger partial charge in [-0.3, -0.25) is 9.59 Å². The van der Waals surface area contributed by atoms with E-state index < -0.39 is 17.7 Å². The van der Waals surface area contributed by atoms with E-state index in [4.69, 9.17) is 0 Å². The van der Waals surface area contributed by atoms with E-state index in [0.717, 1.165) is 16.3 Å². The predicted octanol–water partition coefficient (Wildman–Crippen LogP) is 2.60. The molecule has 3 atom stereocenters. The first-order valence-corrected chi connectivity index (χ1v) is 10.1. The molecule has 0 saturated carbocycles. The molecule has 0 aliphatic carbocycles. The summed E-state index contributed by atoms with van der Waals surface area (Å²) in [6.07, 6.45) is 0.695. The van der Waals surface area contributed by atoms with Crippen molar-refractivity contribution in [3.05, 3.63) is 48.0 Å². The minimum absolute atomic E-state index is 0.0341. The van der Waals surface area contributed by atoms with Crippen LogP contribution in [-0.2, 0) is 16.0 Å². The number of rotatable bonds is 4. The second-order valence-corrected chi connectivity index (χ2v) is 8.76. The molecule has 4 rings (SSSR count). The third-order valence-electron chi connectivity index (χ3n) is 6.23. The molecule has 2 aromatic carbocycles. The van der Waals surface area contributed by atoms with Crippen LogP contribution in [0.1, 0.15) is 32.3 Å². The first-order valence-electron chi connectivity index (χ1n) is 10.1. The van der Waals surface area contributed by atoms with Crippen molar-refractivity contribution in [2.75, 3.05) is 13.6 Å². The average molecular weight is 380 g/mol. The molecule has 2 heterocycles. The summed E-state index contributed by atoms with van der Waals surface area (Å²) in [6.45, 7) is 4.35. The van der Waals surface area contributed by atoms with Gasteiger partial charge in [0.15, 0.2) is 0 Å².